The Labute approximate surface area is 146 Å². The van der Waals surface area contributed by atoms with Gasteiger partial charge in [-0.05, 0) is 42.8 Å². The summed E-state index contributed by atoms with van der Waals surface area (Å²) in [6.45, 7) is 1.94. The Morgan fingerprint density at radius 2 is 2.00 bits per heavy atom. The van der Waals surface area contributed by atoms with Crippen molar-refractivity contribution in [2.75, 3.05) is 0 Å². The van der Waals surface area contributed by atoms with Crippen LogP contribution in [0.3, 0.4) is 0 Å². The van der Waals surface area contributed by atoms with Crippen molar-refractivity contribution in [3.63, 3.8) is 0 Å². The summed E-state index contributed by atoms with van der Waals surface area (Å²) in [6, 6.07) is 10.6. The average Bonchev–Trinajstić information content (AvgIpc) is 3.03. The highest BCUT2D eigenvalue weighted by atomic mass is 35.5. The van der Waals surface area contributed by atoms with Crippen LogP contribution in [-0.4, -0.2) is 20.9 Å². The number of carbonyl (C=O) groups is 1. The maximum atomic E-state index is 11.6. The minimum absolute atomic E-state index is 0.162. The summed E-state index contributed by atoms with van der Waals surface area (Å²) in [7, 11) is 0. The van der Waals surface area contributed by atoms with Crippen molar-refractivity contribution in [2.45, 2.75) is 6.92 Å². The maximum Gasteiger partial charge on any atom is 0.360 e. The van der Waals surface area contributed by atoms with Crippen molar-refractivity contribution >= 4 is 51.2 Å². The van der Waals surface area contributed by atoms with Crippen molar-refractivity contribution in [3.8, 4) is 5.69 Å². The largest absolute Gasteiger partial charge is 0.476 e. The highest BCUT2D eigenvalue weighted by Crippen LogP contribution is 2.35. The third-order valence-electron chi connectivity index (χ3n) is 3.79. The van der Waals surface area contributed by atoms with Crippen molar-refractivity contribution in [2.24, 2.45) is 0 Å². The molecule has 0 saturated carbocycles. The predicted molar refractivity (Wildman–Crippen MR) is 92.6 cm³/mol. The normalized spacial score (nSPS) is 11.5. The van der Waals surface area contributed by atoms with Gasteiger partial charge < -0.3 is 9.52 Å². The number of aromatic carboxylic acids is 1. The summed E-state index contributed by atoms with van der Waals surface area (Å²) >= 11 is 12.2. The van der Waals surface area contributed by atoms with Crippen LogP contribution in [0.2, 0.25) is 10.0 Å². The van der Waals surface area contributed by atoms with E-state index in [1.807, 2.05) is 25.1 Å². The van der Waals surface area contributed by atoms with E-state index in [1.165, 1.54) is 4.68 Å². The molecule has 0 radical (unpaired) electrons. The second-order valence-electron chi connectivity index (χ2n) is 5.44. The average molecular weight is 361 g/mol. The van der Waals surface area contributed by atoms with Crippen molar-refractivity contribution in [1.82, 2.24) is 9.78 Å². The number of hydrogen-bond donors (Lipinski definition) is 1. The van der Waals surface area contributed by atoms with Gasteiger partial charge in [0.25, 0.3) is 0 Å². The van der Waals surface area contributed by atoms with Crippen molar-refractivity contribution < 1.29 is 14.3 Å². The van der Waals surface area contributed by atoms with E-state index in [0.717, 1.165) is 10.9 Å². The summed E-state index contributed by atoms with van der Waals surface area (Å²) in [5, 5.41) is 15.2. The molecule has 0 spiro atoms. The number of rotatable bonds is 2. The van der Waals surface area contributed by atoms with Crippen LogP contribution in [0.4, 0.5) is 0 Å². The molecule has 1 N–H and O–H groups in total. The molecule has 7 heteroatoms. The van der Waals surface area contributed by atoms with Crippen LogP contribution < -0.4 is 0 Å². The van der Waals surface area contributed by atoms with Crippen LogP contribution in [0.25, 0.3) is 27.8 Å². The fourth-order valence-corrected chi connectivity index (χ4v) is 3.21. The predicted octanol–water partition coefficient (Wildman–Crippen LogP) is 5.09. The summed E-state index contributed by atoms with van der Waals surface area (Å²) in [6.07, 6.45) is 0. The number of hydrogen-bond acceptors (Lipinski definition) is 3. The van der Waals surface area contributed by atoms with Gasteiger partial charge in [-0.25, -0.2) is 9.48 Å². The van der Waals surface area contributed by atoms with Crippen LogP contribution in [0.1, 0.15) is 16.1 Å². The monoisotopic (exact) mass is 360 g/mol. The Morgan fingerprint density at radius 1 is 1.21 bits per heavy atom. The van der Waals surface area contributed by atoms with Gasteiger partial charge in [0.1, 0.15) is 11.1 Å². The number of furan rings is 1. The molecule has 0 saturated heterocycles. The summed E-state index contributed by atoms with van der Waals surface area (Å²) in [5.41, 5.74) is 2.76. The van der Waals surface area contributed by atoms with E-state index in [1.54, 1.807) is 18.2 Å². The van der Waals surface area contributed by atoms with Gasteiger partial charge in [0.05, 0.1) is 10.7 Å². The fourth-order valence-electron chi connectivity index (χ4n) is 2.72. The highest BCUT2D eigenvalue weighted by molar-refractivity contribution is 6.35. The van der Waals surface area contributed by atoms with Gasteiger partial charge >= 0.3 is 5.97 Å². The molecule has 0 aliphatic heterocycles. The second-order valence-corrected chi connectivity index (χ2v) is 6.28. The number of aryl methyl sites for hydroxylation is 1. The Hall–Kier alpha value is -2.50. The molecule has 0 unspecified atom stereocenters. The molecule has 0 amide bonds. The number of benzene rings is 2. The summed E-state index contributed by atoms with van der Waals surface area (Å²) in [4.78, 5) is 11.6. The van der Waals surface area contributed by atoms with E-state index in [4.69, 9.17) is 27.6 Å². The molecule has 0 aliphatic carbocycles. The zero-order valence-corrected chi connectivity index (χ0v) is 13.9. The first-order chi connectivity index (χ1) is 11.5. The smallest absolute Gasteiger partial charge is 0.360 e. The summed E-state index contributed by atoms with van der Waals surface area (Å²) < 4.78 is 7.24. The molecule has 0 fully saturated rings. The molecular weight excluding hydrogens is 351 g/mol. The molecule has 2 aromatic heterocycles. The van der Waals surface area contributed by atoms with Crippen molar-refractivity contribution in [3.05, 3.63) is 57.7 Å². The Balaban J connectivity index is 2.15. The number of carboxylic acid groups (broad SMARTS) is 1. The lowest BCUT2D eigenvalue weighted by Gasteiger charge is -2.06. The van der Waals surface area contributed by atoms with Gasteiger partial charge in [-0.2, -0.15) is 5.10 Å². The number of nitrogens with zero attached hydrogens (tertiary/aromatic N) is 2. The third kappa shape index (κ3) is 2.17. The molecule has 24 heavy (non-hydrogen) atoms. The second kappa shape index (κ2) is 5.26. The van der Waals surface area contributed by atoms with Gasteiger partial charge in [-0.3, -0.25) is 0 Å². The van der Waals surface area contributed by atoms with Crippen LogP contribution >= 0.6 is 23.2 Å². The molecule has 4 rings (SSSR count). The molecule has 2 aromatic carbocycles. The first kappa shape index (κ1) is 15.1. The van der Waals surface area contributed by atoms with E-state index in [0.29, 0.717) is 26.8 Å². The van der Waals surface area contributed by atoms with E-state index in [-0.39, 0.29) is 11.3 Å². The summed E-state index contributed by atoms with van der Waals surface area (Å²) in [5.74, 6) is -1.17. The molecule has 0 bridgehead atoms. The third-order valence-corrected chi connectivity index (χ3v) is 4.32. The van der Waals surface area contributed by atoms with Gasteiger partial charge in [0.2, 0.25) is 5.69 Å². The van der Waals surface area contributed by atoms with Gasteiger partial charge in [0, 0.05) is 10.4 Å². The van der Waals surface area contributed by atoms with Crippen LogP contribution in [-0.2, 0) is 0 Å². The van der Waals surface area contributed by atoms with E-state index in [9.17, 15) is 9.90 Å². The number of halogens is 2. The molecule has 120 valence electrons. The molecule has 0 aliphatic rings. The lowest BCUT2D eigenvalue weighted by molar-refractivity contribution is 0.0691. The topological polar surface area (TPSA) is 68.3 Å². The zero-order valence-electron chi connectivity index (χ0n) is 12.4. The standard InChI is InChI=1S/C17H10Cl2N2O3/c1-8-2-4-10-13(6-8)24-16-14(17(22)23)20-21(15(10)16)12-5-3-9(18)7-11(12)19/h2-7H,1H3,(H,22,23). The van der Waals surface area contributed by atoms with E-state index < -0.39 is 5.97 Å². The SMILES string of the molecule is Cc1ccc2c(c1)oc1c(C(=O)O)nn(-c3ccc(Cl)cc3Cl)c12. The fraction of sp³-hybridized carbons (Fsp3) is 0.0588. The Bertz CT molecular complexity index is 1130. The minimum atomic E-state index is -1.17. The van der Waals surface area contributed by atoms with Crippen molar-refractivity contribution in [1.29, 1.82) is 0 Å². The minimum Gasteiger partial charge on any atom is -0.476 e. The highest BCUT2D eigenvalue weighted by Gasteiger charge is 2.24. The lowest BCUT2D eigenvalue weighted by Crippen LogP contribution is -2.02. The lowest BCUT2D eigenvalue weighted by atomic mass is 10.2. The van der Waals surface area contributed by atoms with Gasteiger partial charge in [-0.1, -0.05) is 29.3 Å². The first-order valence-electron chi connectivity index (χ1n) is 7.06. The van der Waals surface area contributed by atoms with Crippen LogP contribution in [0.15, 0.2) is 40.8 Å². The molecular formula is C17H10Cl2N2O3. The Kier molecular flexibility index (Phi) is 3.30. The van der Waals surface area contributed by atoms with Gasteiger partial charge in [0.15, 0.2) is 5.58 Å². The molecule has 4 aromatic rings. The van der Waals surface area contributed by atoms with E-state index >= 15 is 0 Å². The Morgan fingerprint density at radius 3 is 2.71 bits per heavy atom. The van der Waals surface area contributed by atoms with Gasteiger partial charge in [-0.15, -0.1) is 0 Å². The molecule has 2 heterocycles. The van der Waals surface area contributed by atoms with Crippen LogP contribution in [0, 0.1) is 6.92 Å². The number of carboxylic acids is 1. The first-order valence-corrected chi connectivity index (χ1v) is 7.82. The quantitative estimate of drug-likeness (QED) is 0.540. The zero-order chi connectivity index (χ0) is 17.0. The molecule has 5 nitrogen and oxygen atoms in total. The number of fused-ring (bicyclic) bond motifs is 3. The van der Waals surface area contributed by atoms with E-state index in [2.05, 4.69) is 5.10 Å². The maximum absolute atomic E-state index is 11.6. The molecule has 0 atom stereocenters. The van der Waals surface area contributed by atoms with Crippen LogP contribution in [0.5, 0.6) is 0 Å². The number of aromatic nitrogens is 2.